The normalized spacial score (nSPS) is 21.0. The van der Waals surface area contributed by atoms with Crippen molar-refractivity contribution in [2.75, 3.05) is 12.4 Å². The highest BCUT2D eigenvalue weighted by atomic mass is 16.1. The molecule has 1 amide bonds. The molecular formula is C16H28N4O. The smallest absolute Gasteiger partial charge is 0.241 e. The van der Waals surface area contributed by atoms with Gasteiger partial charge >= 0.3 is 0 Å². The lowest BCUT2D eigenvalue weighted by molar-refractivity contribution is -0.121. The fourth-order valence-corrected chi connectivity index (χ4v) is 3.93. The summed E-state index contributed by atoms with van der Waals surface area (Å²) in [5, 5.41) is 10.4. The van der Waals surface area contributed by atoms with Gasteiger partial charge in [0.2, 0.25) is 5.91 Å². The predicted molar refractivity (Wildman–Crippen MR) is 85.1 cm³/mol. The third kappa shape index (κ3) is 4.48. The first-order valence-corrected chi connectivity index (χ1v) is 7.69. The van der Waals surface area contributed by atoms with Crippen LogP contribution >= 0.6 is 0 Å². The summed E-state index contributed by atoms with van der Waals surface area (Å²) in [4.78, 5) is 11.4. The first-order valence-electron chi connectivity index (χ1n) is 7.69. The van der Waals surface area contributed by atoms with Crippen LogP contribution in [-0.4, -0.2) is 28.8 Å². The average Bonchev–Trinajstić information content (AvgIpc) is 2.71. The molecule has 0 radical (unpaired) electrons. The summed E-state index contributed by atoms with van der Waals surface area (Å²) < 4.78 is 1.67. The van der Waals surface area contributed by atoms with Crippen molar-refractivity contribution in [1.29, 1.82) is 0 Å². The number of carbonyl (C=O) groups excluding carboxylic acids is 1. The summed E-state index contributed by atoms with van der Waals surface area (Å²) in [7, 11) is 1.64. The van der Waals surface area contributed by atoms with E-state index in [-0.39, 0.29) is 12.5 Å². The third-order valence-electron chi connectivity index (χ3n) is 4.14. The largest absolute Gasteiger partial charge is 0.380 e. The van der Waals surface area contributed by atoms with Crippen molar-refractivity contribution in [2.24, 2.45) is 10.8 Å². The van der Waals surface area contributed by atoms with Crippen LogP contribution in [0.3, 0.4) is 0 Å². The third-order valence-corrected chi connectivity index (χ3v) is 4.14. The molecule has 5 heteroatoms. The molecule has 118 valence electrons. The number of nitrogens with one attached hydrogen (secondary N) is 2. The van der Waals surface area contributed by atoms with E-state index in [0.717, 1.165) is 18.5 Å². The highest BCUT2D eigenvalue weighted by Crippen LogP contribution is 2.46. The van der Waals surface area contributed by atoms with Crippen LogP contribution in [-0.2, 0) is 11.3 Å². The van der Waals surface area contributed by atoms with Gasteiger partial charge in [-0.2, -0.15) is 5.10 Å². The minimum Gasteiger partial charge on any atom is -0.380 e. The van der Waals surface area contributed by atoms with Crippen molar-refractivity contribution in [3.05, 3.63) is 12.4 Å². The van der Waals surface area contributed by atoms with Gasteiger partial charge in [-0.25, -0.2) is 0 Å². The summed E-state index contributed by atoms with van der Waals surface area (Å²) in [6, 6.07) is 0.460. The molecule has 0 spiro atoms. The Morgan fingerprint density at radius 2 is 1.95 bits per heavy atom. The van der Waals surface area contributed by atoms with E-state index in [4.69, 9.17) is 0 Å². The van der Waals surface area contributed by atoms with Crippen LogP contribution in [0.1, 0.15) is 47.0 Å². The fourth-order valence-electron chi connectivity index (χ4n) is 3.93. The second-order valence-electron chi connectivity index (χ2n) is 7.85. The molecule has 0 saturated heterocycles. The highest BCUT2D eigenvalue weighted by molar-refractivity contribution is 5.75. The molecule has 1 saturated carbocycles. The van der Waals surface area contributed by atoms with Crippen molar-refractivity contribution in [3.8, 4) is 0 Å². The summed E-state index contributed by atoms with van der Waals surface area (Å²) in [5.74, 6) is -0.0374. The number of likely N-dealkylation sites (N-methyl/N-ethyl adjacent to an activating group) is 1. The standard InChI is InChI=1S/C16H28N4O/c1-15(2)6-12(7-16(3,4)11-15)19-13-8-18-20(9-13)10-14(21)17-5/h8-9,12,19H,6-7,10-11H2,1-5H3,(H,17,21). The molecule has 1 heterocycles. The number of aromatic nitrogens is 2. The lowest BCUT2D eigenvalue weighted by Gasteiger charge is -2.45. The van der Waals surface area contributed by atoms with Crippen LogP contribution in [0.15, 0.2) is 12.4 Å². The molecular weight excluding hydrogens is 264 g/mol. The Hall–Kier alpha value is -1.52. The second kappa shape index (κ2) is 5.70. The lowest BCUT2D eigenvalue weighted by Crippen LogP contribution is -2.40. The van der Waals surface area contributed by atoms with Gasteiger partial charge in [0.1, 0.15) is 6.54 Å². The molecule has 5 nitrogen and oxygen atoms in total. The van der Waals surface area contributed by atoms with Gasteiger partial charge in [-0.15, -0.1) is 0 Å². The van der Waals surface area contributed by atoms with E-state index in [9.17, 15) is 4.79 Å². The van der Waals surface area contributed by atoms with Crippen molar-refractivity contribution in [1.82, 2.24) is 15.1 Å². The summed E-state index contributed by atoms with van der Waals surface area (Å²) in [6.07, 6.45) is 7.30. The van der Waals surface area contributed by atoms with Crippen molar-refractivity contribution in [2.45, 2.75) is 59.5 Å². The first kappa shape index (κ1) is 15.9. The SMILES string of the molecule is CNC(=O)Cn1cc(NC2CC(C)(C)CC(C)(C)C2)cn1. The maximum atomic E-state index is 11.4. The minimum atomic E-state index is -0.0374. The number of amides is 1. The van der Waals surface area contributed by atoms with Gasteiger partial charge in [0.25, 0.3) is 0 Å². The summed E-state index contributed by atoms with van der Waals surface area (Å²) in [5.41, 5.74) is 1.71. The molecule has 1 fully saturated rings. The predicted octanol–water partition coefficient (Wildman–Crippen LogP) is 2.65. The molecule has 1 aliphatic rings. The number of hydrogen-bond donors (Lipinski definition) is 2. The monoisotopic (exact) mass is 292 g/mol. The van der Waals surface area contributed by atoms with E-state index in [0.29, 0.717) is 16.9 Å². The fraction of sp³-hybridized carbons (Fsp3) is 0.750. The molecule has 0 bridgehead atoms. The number of rotatable bonds is 4. The van der Waals surface area contributed by atoms with Gasteiger partial charge < -0.3 is 10.6 Å². The van der Waals surface area contributed by atoms with Crippen LogP contribution in [0.5, 0.6) is 0 Å². The van der Waals surface area contributed by atoms with E-state index in [2.05, 4.69) is 43.4 Å². The Morgan fingerprint density at radius 3 is 2.52 bits per heavy atom. The quantitative estimate of drug-likeness (QED) is 0.897. The maximum absolute atomic E-state index is 11.4. The molecule has 21 heavy (non-hydrogen) atoms. The van der Waals surface area contributed by atoms with Crippen LogP contribution < -0.4 is 10.6 Å². The molecule has 0 unspecified atom stereocenters. The first-order chi connectivity index (χ1) is 9.69. The zero-order valence-corrected chi connectivity index (χ0v) is 13.9. The Bertz CT molecular complexity index is 488. The van der Waals surface area contributed by atoms with Crippen LogP contribution in [0.25, 0.3) is 0 Å². The molecule has 1 aliphatic carbocycles. The number of carbonyl (C=O) groups is 1. The zero-order valence-electron chi connectivity index (χ0n) is 13.9. The van der Waals surface area contributed by atoms with E-state index < -0.39 is 0 Å². The average molecular weight is 292 g/mol. The Balaban J connectivity index is 1.99. The number of nitrogens with zero attached hydrogens (tertiary/aromatic N) is 2. The van der Waals surface area contributed by atoms with Gasteiger partial charge in [0, 0.05) is 19.3 Å². The zero-order chi connectivity index (χ0) is 15.7. The van der Waals surface area contributed by atoms with Crippen LogP contribution in [0.2, 0.25) is 0 Å². The van der Waals surface area contributed by atoms with Gasteiger partial charge in [-0.05, 0) is 30.1 Å². The molecule has 2 rings (SSSR count). The number of anilines is 1. The molecule has 0 aromatic carbocycles. The lowest BCUT2D eigenvalue weighted by atomic mass is 9.63. The molecule has 1 aromatic rings. The van der Waals surface area contributed by atoms with Gasteiger partial charge in [0.05, 0.1) is 11.9 Å². The van der Waals surface area contributed by atoms with E-state index in [1.165, 1.54) is 6.42 Å². The number of hydrogen-bond acceptors (Lipinski definition) is 3. The van der Waals surface area contributed by atoms with Crippen molar-refractivity contribution in [3.63, 3.8) is 0 Å². The van der Waals surface area contributed by atoms with Gasteiger partial charge in [-0.3, -0.25) is 9.48 Å². The highest BCUT2D eigenvalue weighted by Gasteiger charge is 2.38. The molecule has 2 N–H and O–H groups in total. The Labute approximate surface area is 127 Å². The van der Waals surface area contributed by atoms with Crippen LogP contribution in [0.4, 0.5) is 5.69 Å². The molecule has 0 aliphatic heterocycles. The van der Waals surface area contributed by atoms with Crippen molar-refractivity contribution >= 4 is 11.6 Å². The Kier molecular flexibility index (Phi) is 4.30. The second-order valence-corrected chi connectivity index (χ2v) is 7.85. The van der Waals surface area contributed by atoms with Crippen LogP contribution in [0, 0.1) is 10.8 Å². The molecule has 1 aromatic heterocycles. The minimum absolute atomic E-state index is 0.0374. The van der Waals surface area contributed by atoms with E-state index in [1.54, 1.807) is 17.9 Å². The topological polar surface area (TPSA) is 59.0 Å². The summed E-state index contributed by atoms with van der Waals surface area (Å²) in [6.45, 7) is 9.64. The van der Waals surface area contributed by atoms with Gasteiger partial charge in [0.15, 0.2) is 0 Å². The van der Waals surface area contributed by atoms with E-state index >= 15 is 0 Å². The maximum Gasteiger partial charge on any atom is 0.241 e. The van der Waals surface area contributed by atoms with Gasteiger partial charge in [-0.1, -0.05) is 27.7 Å². The Morgan fingerprint density at radius 1 is 1.33 bits per heavy atom. The molecule has 0 atom stereocenters. The summed E-state index contributed by atoms with van der Waals surface area (Å²) >= 11 is 0. The van der Waals surface area contributed by atoms with E-state index in [1.807, 2.05) is 6.20 Å². The van der Waals surface area contributed by atoms with Crippen molar-refractivity contribution < 1.29 is 4.79 Å².